The molecule has 9 nitrogen and oxygen atoms in total. The molecular formula is C70H119NO8P+. The number of quaternary nitrogens is 1. The molecule has 0 aromatic heterocycles. The molecule has 0 aromatic carbocycles. The van der Waals surface area contributed by atoms with E-state index < -0.39 is 26.5 Å². The van der Waals surface area contributed by atoms with Crippen LogP contribution in [0.25, 0.3) is 0 Å². The molecular weight excluding hydrogens is 1010 g/mol. The van der Waals surface area contributed by atoms with Gasteiger partial charge in [-0.25, -0.2) is 4.57 Å². The first kappa shape index (κ1) is 76.1. The number of rotatable bonds is 57. The van der Waals surface area contributed by atoms with Crippen LogP contribution in [0.2, 0.25) is 0 Å². The maximum absolute atomic E-state index is 12.8. The minimum absolute atomic E-state index is 0.0202. The number of carbonyl (C=O) groups excluding carboxylic acids is 2. The average molecular weight is 1130 g/mol. The highest BCUT2D eigenvalue weighted by atomic mass is 31.2. The summed E-state index contributed by atoms with van der Waals surface area (Å²) in [6.45, 7) is 4.28. The molecule has 10 heteroatoms. The van der Waals surface area contributed by atoms with Crippen LogP contribution < -0.4 is 0 Å². The first-order valence-electron chi connectivity index (χ1n) is 31.9. The molecule has 0 aliphatic rings. The van der Waals surface area contributed by atoms with Crippen LogP contribution in [-0.2, 0) is 32.7 Å². The van der Waals surface area contributed by atoms with Gasteiger partial charge in [0.15, 0.2) is 6.10 Å². The molecule has 0 spiro atoms. The first-order chi connectivity index (χ1) is 39.0. The van der Waals surface area contributed by atoms with Gasteiger partial charge in [-0.2, -0.15) is 0 Å². The molecule has 0 rings (SSSR count). The fourth-order valence-electron chi connectivity index (χ4n) is 8.27. The van der Waals surface area contributed by atoms with E-state index in [2.05, 4.69) is 148 Å². The molecule has 0 saturated carbocycles. The Hall–Kier alpha value is -3.85. The zero-order valence-electron chi connectivity index (χ0n) is 51.8. The Morgan fingerprint density at radius 3 is 1.06 bits per heavy atom. The van der Waals surface area contributed by atoms with Gasteiger partial charge >= 0.3 is 19.8 Å². The molecule has 0 saturated heterocycles. The van der Waals surface area contributed by atoms with E-state index in [0.717, 1.165) is 116 Å². The molecule has 0 radical (unpaired) electrons. The van der Waals surface area contributed by atoms with Gasteiger partial charge in [0.25, 0.3) is 0 Å². The van der Waals surface area contributed by atoms with Crippen molar-refractivity contribution in [1.29, 1.82) is 0 Å². The number of phosphoric ester groups is 1. The van der Waals surface area contributed by atoms with Crippen molar-refractivity contribution in [2.75, 3.05) is 47.5 Å². The Balaban J connectivity index is 4.22. The number of hydrogen-bond donors (Lipinski definition) is 1. The smallest absolute Gasteiger partial charge is 0.462 e. The third-order valence-electron chi connectivity index (χ3n) is 13.2. The van der Waals surface area contributed by atoms with E-state index in [0.29, 0.717) is 17.4 Å². The van der Waals surface area contributed by atoms with Gasteiger partial charge in [0.05, 0.1) is 27.7 Å². The number of nitrogens with zero attached hydrogens (tertiary/aromatic N) is 1. The molecule has 80 heavy (non-hydrogen) atoms. The predicted octanol–water partition coefficient (Wildman–Crippen LogP) is 20.5. The highest BCUT2D eigenvalue weighted by molar-refractivity contribution is 7.47. The molecule has 456 valence electrons. The van der Waals surface area contributed by atoms with Crippen LogP contribution in [0.1, 0.15) is 245 Å². The number of likely N-dealkylation sites (N-methyl/N-ethyl adjacent to an activating group) is 1. The summed E-state index contributed by atoms with van der Waals surface area (Å²) in [4.78, 5) is 35.8. The van der Waals surface area contributed by atoms with E-state index in [1.807, 2.05) is 21.1 Å². The summed E-state index contributed by atoms with van der Waals surface area (Å²) < 4.78 is 34.6. The van der Waals surface area contributed by atoms with Gasteiger partial charge in [-0.3, -0.25) is 18.6 Å². The van der Waals surface area contributed by atoms with E-state index >= 15 is 0 Å². The monoisotopic (exact) mass is 1130 g/mol. The number of phosphoric acid groups is 1. The highest BCUT2D eigenvalue weighted by Gasteiger charge is 2.27. The highest BCUT2D eigenvalue weighted by Crippen LogP contribution is 2.43. The van der Waals surface area contributed by atoms with Crippen LogP contribution in [0.15, 0.2) is 134 Å². The molecule has 0 aliphatic carbocycles. The molecule has 0 amide bonds. The van der Waals surface area contributed by atoms with Gasteiger partial charge in [-0.1, -0.05) is 250 Å². The van der Waals surface area contributed by atoms with Gasteiger partial charge in [-0.15, -0.1) is 0 Å². The van der Waals surface area contributed by atoms with E-state index in [4.69, 9.17) is 18.5 Å². The lowest BCUT2D eigenvalue weighted by molar-refractivity contribution is -0.870. The van der Waals surface area contributed by atoms with Crippen molar-refractivity contribution in [3.8, 4) is 0 Å². The Morgan fingerprint density at radius 1 is 0.400 bits per heavy atom. The quantitative estimate of drug-likeness (QED) is 0.0211. The number of esters is 2. The zero-order valence-corrected chi connectivity index (χ0v) is 52.7. The minimum atomic E-state index is -4.40. The number of carbonyl (C=O) groups is 2. The lowest BCUT2D eigenvalue weighted by Gasteiger charge is -2.24. The SMILES string of the molecule is CC/C=C\C/C=C\C/C=C\C/C=C\C/C=C\C/C=C\C/C=C\C/C=C\C/C=C\CCCCCCCC(=O)OC(COC(=O)CCCCCCCCCCCCC/C=C\C/C=C\CCCCCCC)COP(=O)(O)OCC[N+](C)(C)C. The first-order valence-corrected chi connectivity index (χ1v) is 33.4. The second-order valence-corrected chi connectivity index (χ2v) is 23.5. The van der Waals surface area contributed by atoms with Crippen molar-refractivity contribution in [3.05, 3.63) is 134 Å². The largest absolute Gasteiger partial charge is 0.472 e. The number of unbranched alkanes of at least 4 members (excludes halogenated alkanes) is 21. The maximum Gasteiger partial charge on any atom is 0.472 e. The molecule has 2 atom stereocenters. The van der Waals surface area contributed by atoms with E-state index in [-0.39, 0.29) is 32.0 Å². The molecule has 0 fully saturated rings. The normalized spacial score (nSPS) is 14.1. The van der Waals surface area contributed by atoms with Gasteiger partial charge in [0.1, 0.15) is 19.8 Å². The molecule has 0 heterocycles. The summed E-state index contributed by atoms with van der Waals surface area (Å²) in [5.41, 5.74) is 0. The fraction of sp³-hybridized carbons (Fsp3) is 0.657. The van der Waals surface area contributed by atoms with E-state index in [1.165, 1.54) is 96.3 Å². The van der Waals surface area contributed by atoms with Crippen LogP contribution in [-0.4, -0.2) is 74.9 Å². The molecule has 0 bridgehead atoms. The van der Waals surface area contributed by atoms with Crippen molar-refractivity contribution in [2.45, 2.75) is 251 Å². The van der Waals surface area contributed by atoms with Crippen molar-refractivity contribution in [3.63, 3.8) is 0 Å². The Kier molecular flexibility index (Phi) is 56.9. The van der Waals surface area contributed by atoms with Gasteiger partial charge in [-0.05, 0) is 116 Å². The number of ether oxygens (including phenoxy) is 2. The third-order valence-corrected chi connectivity index (χ3v) is 14.1. The molecule has 0 aromatic rings. The van der Waals surface area contributed by atoms with Gasteiger partial charge in [0.2, 0.25) is 0 Å². The maximum atomic E-state index is 12.8. The summed E-state index contributed by atoms with van der Waals surface area (Å²) in [7, 11) is 1.45. The standard InChI is InChI=1S/C70H118NO8P/c1-6-8-10-12-14-16-18-20-22-24-26-28-30-31-32-33-34-35-36-37-38-39-41-43-45-47-49-51-53-55-57-59-61-63-70(73)79-68(67-78-80(74,75)77-65-64-71(3,4)5)66-76-69(72)62-60-58-56-54-52-50-48-46-44-42-40-29-27-25-23-21-19-17-15-13-11-9-7-2/h8,10,14,16,19-22,25-28,31-32,34-35,37-38,41,43,47,49,68H,6-7,9,11-13,15,17-18,23-24,29-30,33,36,39-40,42,44-46,48,50-67H2,1-5H3/p+1/b10-8-,16-14-,21-19-,22-20-,27-25-,28-26-,32-31-,35-34-,38-37-,43-41-,49-47-. The Morgan fingerprint density at radius 2 is 0.713 bits per heavy atom. The van der Waals surface area contributed by atoms with Crippen LogP contribution in [0, 0.1) is 0 Å². The number of hydrogen-bond acceptors (Lipinski definition) is 7. The van der Waals surface area contributed by atoms with Gasteiger partial charge < -0.3 is 18.9 Å². The molecule has 0 aliphatic heterocycles. The minimum Gasteiger partial charge on any atom is -0.462 e. The summed E-state index contributed by atoms with van der Waals surface area (Å²) in [6.07, 6.45) is 86.7. The lowest BCUT2D eigenvalue weighted by atomic mass is 10.0. The Bertz CT molecular complexity index is 1810. The van der Waals surface area contributed by atoms with Gasteiger partial charge in [0, 0.05) is 12.8 Å². The molecule has 2 unspecified atom stereocenters. The third kappa shape index (κ3) is 63.3. The second kappa shape index (κ2) is 59.8. The predicted molar refractivity (Wildman–Crippen MR) is 344 cm³/mol. The topological polar surface area (TPSA) is 108 Å². The second-order valence-electron chi connectivity index (χ2n) is 22.1. The van der Waals surface area contributed by atoms with E-state index in [9.17, 15) is 19.0 Å². The van der Waals surface area contributed by atoms with Crippen molar-refractivity contribution < 1.29 is 42.1 Å². The van der Waals surface area contributed by atoms with Crippen molar-refractivity contribution in [2.24, 2.45) is 0 Å². The number of allylic oxidation sites excluding steroid dienone is 22. The van der Waals surface area contributed by atoms with Crippen LogP contribution in [0.5, 0.6) is 0 Å². The van der Waals surface area contributed by atoms with Crippen LogP contribution in [0.4, 0.5) is 0 Å². The fourth-order valence-corrected chi connectivity index (χ4v) is 9.01. The Labute approximate surface area is 491 Å². The van der Waals surface area contributed by atoms with E-state index in [1.54, 1.807) is 0 Å². The molecule has 1 N–H and O–H groups in total. The average Bonchev–Trinajstić information content (AvgIpc) is 3.42. The summed E-state index contributed by atoms with van der Waals surface area (Å²) in [6, 6.07) is 0. The zero-order chi connectivity index (χ0) is 58.4. The van der Waals surface area contributed by atoms with Crippen molar-refractivity contribution >= 4 is 19.8 Å². The summed E-state index contributed by atoms with van der Waals surface area (Å²) in [5, 5.41) is 0. The van der Waals surface area contributed by atoms with Crippen LogP contribution in [0.3, 0.4) is 0 Å². The summed E-state index contributed by atoms with van der Waals surface area (Å²) >= 11 is 0. The summed E-state index contributed by atoms with van der Waals surface area (Å²) in [5.74, 6) is -0.828. The van der Waals surface area contributed by atoms with Crippen molar-refractivity contribution in [1.82, 2.24) is 0 Å². The lowest BCUT2D eigenvalue weighted by Crippen LogP contribution is -2.37. The van der Waals surface area contributed by atoms with Crippen LogP contribution >= 0.6 is 7.82 Å².